The lowest BCUT2D eigenvalue weighted by Crippen LogP contribution is -2.30. The molecule has 9 heteroatoms. The monoisotopic (exact) mass is 395 g/mol. The van der Waals surface area contributed by atoms with Crippen LogP contribution in [0.3, 0.4) is 0 Å². The largest absolute Gasteiger partial charge is 0.330 e. The third-order valence-electron chi connectivity index (χ3n) is 4.71. The molecular formula is C17H21N3O4S2. The average Bonchev–Trinajstić information content (AvgIpc) is 3.07. The van der Waals surface area contributed by atoms with Crippen LogP contribution in [-0.4, -0.2) is 40.8 Å². The molecular weight excluding hydrogens is 374 g/mol. The molecule has 0 aromatic heterocycles. The van der Waals surface area contributed by atoms with Gasteiger partial charge < -0.3 is 5.73 Å². The summed E-state index contributed by atoms with van der Waals surface area (Å²) in [6, 6.07) is 14.8. The molecule has 4 N–H and O–H groups in total. The van der Waals surface area contributed by atoms with Gasteiger partial charge in [0.15, 0.2) is 0 Å². The van der Waals surface area contributed by atoms with E-state index in [1.165, 1.54) is 22.5 Å². The highest BCUT2D eigenvalue weighted by Crippen LogP contribution is 2.35. The number of benzene rings is 2. The highest BCUT2D eigenvalue weighted by molar-refractivity contribution is 7.90. The summed E-state index contributed by atoms with van der Waals surface area (Å²) in [5, 5.41) is 5.11. The first-order chi connectivity index (χ1) is 12.2. The molecule has 7 nitrogen and oxygen atoms in total. The summed E-state index contributed by atoms with van der Waals surface area (Å²) in [7, 11) is -7.83. The lowest BCUT2D eigenvalue weighted by Gasteiger charge is -2.17. The highest BCUT2D eigenvalue weighted by atomic mass is 32.2. The van der Waals surface area contributed by atoms with Crippen molar-refractivity contribution in [2.24, 2.45) is 16.8 Å². The van der Waals surface area contributed by atoms with Gasteiger partial charge in [-0.15, -0.1) is 0 Å². The van der Waals surface area contributed by atoms with Crippen LogP contribution < -0.4 is 10.9 Å². The molecule has 2 aromatic rings. The van der Waals surface area contributed by atoms with Gasteiger partial charge in [-0.25, -0.2) is 22.0 Å². The smallest absolute Gasteiger partial charge is 0.243 e. The summed E-state index contributed by atoms with van der Waals surface area (Å²) in [6.07, 6.45) is 0. The van der Waals surface area contributed by atoms with Gasteiger partial charge in [-0.05, 0) is 36.2 Å². The van der Waals surface area contributed by atoms with Crippen LogP contribution in [0.5, 0.6) is 0 Å². The second-order valence-corrected chi connectivity index (χ2v) is 9.85. The van der Waals surface area contributed by atoms with E-state index in [0.717, 1.165) is 11.6 Å². The molecule has 0 spiro atoms. The SMILES string of the molecule is NC[C@@H]1CN(S(=O)(=O)c2cccc(S(N)(=O)=O)c2)C[C@H]1c1ccccc1. The number of hydrogen-bond donors (Lipinski definition) is 2. The minimum atomic E-state index is -3.98. The Hall–Kier alpha value is -1.78. The Bertz CT molecular complexity index is 992. The molecule has 2 aromatic carbocycles. The quantitative estimate of drug-likeness (QED) is 0.771. The zero-order valence-electron chi connectivity index (χ0n) is 14.0. The first-order valence-corrected chi connectivity index (χ1v) is 11.1. The van der Waals surface area contributed by atoms with Crippen molar-refractivity contribution < 1.29 is 16.8 Å². The Balaban J connectivity index is 1.94. The van der Waals surface area contributed by atoms with Gasteiger partial charge in [-0.3, -0.25) is 0 Å². The maximum atomic E-state index is 13.0. The summed E-state index contributed by atoms with van der Waals surface area (Å²) in [6.45, 7) is 0.953. The summed E-state index contributed by atoms with van der Waals surface area (Å²) >= 11 is 0. The first-order valence-electron chi connectivity index (χ1n) is 8.11. The number of nitrogens with two attached hydrogens (primary N) is 2. The Labute approximate surface area is 153 Å². The number of primary sulfonamides is 1. The maximum Gasteiger partial charge on any atom is 0.243 e. The molecule has 1 fully saturated rings. The third-order valence-corrected chi connectivity index (χ3v) is 7.45. The fourth-order valence-electron chi connectivity index (χ4n) is 3.31. The Morgan fingerprint density at radius 3 is 2.19 bits per heavy atom. The molecule has 0 unspecified atom stereocenters. The van der Waals surface area contributed by atoms with Crippen molar-refractivity contribution in [1.82, 2.24) is 4.31 Å². The van der Waals surface area contributed by atoms with Crippen LogP contribution in [0.1, 0.15) is 11.5 Å². The Morgan fingerprint density at radius 2 is 1.58 bits per heavy atom. The van der Waals surface area contributed by atoms with Crippen LogP contribution in [0.15, 0.2) is 64.4 Å². The molecule has 26 heavy (non-hydrogen) atoms. The zero-order chi connectivity index (χ0) is 18.9. The van der Waals surface area contributed by atoms with Gasteiger partial charge in [-0.1, -0.05) is 36.4 Å². The van der Waals surface area contributed by atoms with E-state index in [1.807, 2.05) is 30.3 Å². The van der Waals surface area contributed by atoms with Crippen molar-refractivity contribution in [2.45, 2.75) is 15.7 Å². The van der Waals surface area contributed by atoms with Crippen LogP contribution >= 0.6 is 0 Å². The second kappa shape index (κ2) is 7.09. The molecule has 140 valence electrons. The Morgan fingerprint density at radius 1 is 0.923 bits per heavy atom. The molecule has 0 aliphatic carbocycles. The van der Waals surface area contributed by atoms with E-state index in [-0.39, 0.29) is 28.2 Å². The van der Waals surface area contributed by atoms with Crippen molar-refractivity contribution in [1.29, 1.82) is 0 Å². The van der Waals surface area contributed by atoms with E-state index < -0.39 is 20.0 Å². The van der Waals surface area contributed by atoms with Gasteiger partial charge >= 0.3 is 0 Å². The summed E-state index contributed by atoms with van der Waals surface area (Å²) in [5.41, 5.74) is 6.91. The fourth-order valence-corrected chi connectivity index (χ4v) is 5.51. The van der Waals surface area contributed by atoms with Crippen LogP contribution in [0.4, 0.5) is 0 Å². The van der Waals surface area contributed by atoms with E-state index in [1.54, 1.807) is 0 Å². The Kier molecular flexibility index (Phi) is 5.18. The van der Waals surface area contributed by atoms with Crippen molar-refractivity contribution in [3.63, 3.8) is 0 Å². The molecule has 1 heterocycles. The molecule has 3 rings (SSSR count). The molecule has 1 aliphatic rings. The van der Waals surface area contributed by atoms with Crippen LogP contribution in [0, 0.1) is 5.92 Å². The number of nitrogens with zero attached hydrogens (tertiary/aromatic N) is 1. The standard InChI is InChI=1S/C17H21N3O4S2/c18-10-14-11-20(12-17(14)13-5-2-1-3-6-13)26(23,24)16-8-4-7-15(9-16)25(19,21)22/h1-9,14,17H,10-12,18H2,(H2,19,21,22)/t14-,17+/m1/s1. The molecule has 0 amide bonds. The number of rotatable bonds is 5. The normalized spacial score (nSPS) is 21.8. The van der Waals surface area contributed by atoms with Crippen molar-refractivity contribution in [2.75, 3.05) is 19.6 Å². The summed E-state index contributed by atoms with van der Waals surface area (Å²) in [4.78, 5) is -0.318. The minimum absolute atomic E-state index is 0.00241. The topological polar surface area (TPSA) is 124 Å². The second-order valence-electron chi connectivity index (χ2n) is 6.35. The minimum Gasteiger partial charge on any atom is -0.330 e. The van der Waals surface area contributed by atoms with Crippen molar-refractivity contribution >= 4 is 20.0 Å². The van der Waals surface area contributed by atoms with Crippen LogP contribution in [-0.2, 0) is 20.0 Å². The summed E-state index contributed by atoms with van der Waals surface area (Å²) in [5.74, 6) is -0.00834. The van der Waals surface area contributed by atoms with Crippen LogP contribution in [0.25, 0.3) is 0 Å². The number of sulfonamides is 2. The molecule has 0 bridgehead atoms. The van der Waals surface area contributed by atoms with Gasteiger partial charge in [0.25, 0.3) is 0 Å². The zero-order valence-corrected chi connectivity index (χ0v) is 15.7. The predicted octanol–water partition coefficient (Wildman–Crippen LogP) is 0.697. The highest BCUT2D eigenvalue weighted by Gasteiger charge is 2.39. The van der Waals surface area contributed by atoms with Gasteiger partial charge in [0.05, 0.1) is 9.79 Å². The average molecular weight is 396 g/mol. The number of hydrogen-bond acceptors (Lipinski definition) is 5. The van der Waals surface area contributed by atoms with Crippen molar-refractivity contribution in [3.8, 4) is 0 Å². The van der Waals surface area contributed by atoms with Crippen molar-refractivity contribution in [3.05, 3.63) is 60.2 Å². The molecule has 2 atom stereocenters. The van der Waals surface area contributed by atoms with Gasteiger partial charge in [-0.2, -0.15) is 4.31 Å². The van der Waals surface area contributed by atoms with E-state index in [9.17, 15) is 16.8 Å². The van der Waals surface area contributed by atoms with Gasteiger partial charge in [0.2, 0.25) is 20.0 Å². The fraction of sp³-hybridized carbons (Fsp3) is 0.294. The molecule has 0 radical (unpaired) electrons. The lowest BCUT2D eigenvalue weighted by molar-refractivity contribution is 0.459. The van der Waals surface area contributed by atoms with Gasteiger partial charge in [0.1, 0.15) is 0 Å². The van der Waals surface area contributed by atoms with E-state index >= 15 is 0 Å². The molecule has 1 saturated heterocycles. The predicted molar refractivity (Wildman–Crippen MR) is 98.3 cm³/mol. The maximum absolute atomic E-state index is 13.0. The third kappa shape index (κ3) is 3.67. The molecule has 0 saturated carbocycles. The van der Waals surface area contributed by atoms with Crippen LogP contribution in [0.2, 0.25) is 0 Å². The van der Waals surface area contributed by atoms with Gasteiger partial charge in [0, 0.05) is 19.0 Å². The van der Waals surface area contributed by atoms with E-state index in [2.05, 4.69) is 0 Å². The first kappa shape index (κ1) is 19.0. The van der Waals surface area contributed by atoms with E-state index in [4.69, 9.17) is 10.9 Å². The van der Waals surface area contributed by atoms with E-state index in [0.29, 0.717) is 13.1 Å². The lowest BCUT2D eigenvalue weighted by atomic mass is 9.89. The summed E-state index contributed by atoms with van der Waals surface area (Å²) < 4.78 is 50.4. The molecule has 1 aliphatic heterocycles.